The van der Waals surface area contributed by atoms with Gasteiger partial charge in [0.1, 0.15) is 11.6 Å². The number of rotatable bonds is 6. The lowest BCUT2D eigenvalue weighted by Gasteiger charge is -2.35. The Kier molecular flexibility index (Phi) is 6.20. The number of anilines is 2. The van der Waals surface area contributed by atoms with Gasteiger partial charge in [-0.25, -0.2) is 4.98 Å². The lowest BCUT2D eigenvalue weighted by Crippen LogP contribution is -2.46. The SMILES string of the molecule is COc1cccc(N2CCN(Cc3nc(-c4ccc(N5CCCCC5)nc4)no3)CC2)c1. The van der Waals surface area contributed by atoms with Gasteiger partial charge in [-0.3, -0.25) is 4.90 Å². The van der Waals surface area contributed by atoms with E-state index < -0.39 is 0 Å². The van der Waals surface area contributed by atoms with Crippen LogP contribution >= 0.6 is 0 Å². The van der Waals surface area contributed by atoms with Crippen molar-refractivity contribution in [1.29, 1.82) is 0 Å². The molecule has 8 nitrogen and oxygen atoms in total. The van der Waals surface area contributed by atoms with E-state index in [1.165, 1.54) is 24.9 Å². The summed E-state index contributed by atoms with van der Waals surface area (Å²) in [6.45, 7) is 6.64. The fourth-order valence-electron chi connectivity index (χ4n) is 4.43. The van der Waals surface area contributed by atoms with Gasteiger partial charge in [-0.15, -0.1) is 0 Å². The van der Waals surface area contributed by atoms with Crippen LogP contribution in [0.5, 0.6) is 5.75 Å². The Bertz CT molecular complexity index is 1010. The normalized spacial score (nSPS) is 17.5. The largest absolute Gasteiger partial charge is 0.497 e. The van der Waals surface area contributed by atoms with Gasteiger partial charge >= 0.3 is 0 Å². The minimum Gasteiger partial charge on any atom is -0.497 e. The number of aromatic nitrogens is 3. The zero-order chi connectivity index (χ0) is 21.8. The summed E-state index contributed by atoms with van der Waals surface area (Å²) >= 11 is 0. The zero-order valence-electron chi connectivity index (χ0n) is 18.6. The van der Waals surface area contributed by atoms with Crippen LogP contribution in [-0.4, -0.2) is 66.4 Å². The Labute approximate surface area is 188 Å². The van der Waals surface area contributed by atoms with Crippen molar-refractivity contribution in [2.24, 2.45) is 0 Å². The van der Waals surface area contributed by atoms with E-state index in [0.717, 1.165) is 56.4 Å². The Morgan fingerprint density at radius 3 is 2.53 bits per heavy atom. The molecule has 2 saturated heterocycles. The van der Waals surface area contributed by atoms with E-state index in [9.17, 15) is 0 Å². The summed E-state index contributed by atoms with van der Waals surface area (Å²) in [6.07, 6.45) is 5.65. The van der Waals surface area contributed by atoms with E-state index in [0.29, 0.717) is 18.3 Å². The van der Waals surface area contributed by atoms with E-state index in [2.05, 4.69) is 48.0 Å². The molecule has 2 fully saturated rings. The maximum Gasteiger partial charge on any atom is 0.241 e. The molecular weight excluding hydrogens is 404 g/mol. The molecule has 0 amide bonds. The fraction of sp³-hybridized carbons (Fsp3) is 0.458. The summed E-state index contributed by atoms with van der Waals surface area (Å²) in [4.78, 5) is 16.3. The highest BCUT2D eigenvalue weighted by Crippen LogP contribution is 2.24. The van der Waals surface area contributed by atoms with Crippen LogP contribution in [0.15, 0.2) is 47.1 Å². The van der Waals surface area contributed by atoms with Crippen molar-refractivity contribution in [3.05, 3.63) is 48.5 Å². The van der Waals surface area contributed by atoms with Gasteiger partial charge in [0.25, 0.3) is 0 Å². The van der Waals surface area contributed by atoms with Crippen molar-refractivity contribution in [3.63, 3.8) is 0 Å². The van der Waals surface area contributed by atoms with Gasteiger partial charge in [-0.2, -0.15) is 4.98 Å². The first-order valence-corrected chi connectivity index (χ1v) is 11.4. The number of pyridine rings is 1. The van der Waals surface area contributed by atoms with E-state index in [-0.39, 0.29) is 0 Å². The Morgan fingerprint density at radius 2 is 1.78 bits per heavy atom. The topological polar surface area (TPSA) is 70.8 Å². The van der Waals surface area contributed by atoms with Gasteiger partial charge in [-0.05, 0) is 43.5 Å². The zero-order valence-corrected chi connectivity index (χ0v) is 18.6. The van der Waals surface area contributed by atoms with Crippen molar-refractivity contribution in [1.82, 2.24) is 20.0 Å². The lowest BCUT2D eigenvalue weighted by molar-refractivity contribution is 0.215. The molecule has 2 aliphatic heterocycles. The van der Waals surface area contributed by atoms with Crippen molar-refractivity contribution in [2.45, 2.75) is 25.8 Å². The second-order valence-corrected chi connectivity index (χ2v) is 8.43. The summed E-state index contributed by atoms with van der Waals surface area (Å²) in [5.41, 5.74) is 2.09. The summed E-state index contributed by atoms with van der Waals surface area (Å²) in [5, 5.41) is 4.19. The van der Waals surface area contributed by atoms with Crippen LogP contribution in [0, 0.1) is 0 Å². The maximum atomic E-state index is 5.54. The lowest BCUT2D eigenvalue weighted by atomic mass is 10.1. The smallest absolute Gasteiger partial charge is 0.241 e. The summed E-state index contributed by atoms with van der Waals surface area (Å²) in [7, 11) is 1.70. The van der Waals surface area contributed by atoms with Gasteiger partial charge in [0.05, 0.1) is 13.7 Å². The Hall–Kier alpha value is -3.13. The predicted molar refractivity (Wildman–Crippen MR) is 124 cm³/mol. The molecule has 0 unspecified atom stereocenters. The van der Waals surface area contributed by atoms with Crippen LogP contribution in [0.1, 0.15) is 25.2 Å². The van der Waals surface area contributed by atoms with Crippen LogP contribution in [0.25, 0.3) is 11.4 Å². The average Bonchev–Trinajstić information content (AvgIpc) is 3.34. The highest BCUT2D eigenvalue weighted by Gasteiger charge is 2.20. The molecule has 168 valence electrons. The number of piperidine rings is 1. The molecule has 1 aromatic carbocycles. The van der Waals surface area contributed by atoms with Crippen LogP contribution in [0.2, 0.25) is 0 Å². The minimum atomic E-state index is 0.604. The van der Waals surface area contributed by atoms with Gasteiger partial charge in [0, 0.05) is 62.8 Å². The molecule has 3 aromatic rings. The molecule has 0 N–H and O–H groups in total. The summed E-state index contributed by atoms with van der Waals surface area (Å²) in [5.74, 6) is 3.18. The molecule has 0 spiro atoms. The molecule has 0 atom stereocenters. The number of nitrogens with zero attached hydrogens (tertiary/aromatic N) is 6. The first-order chi connectivity index (χ1) is 15.8. The second-order valence-electron chi connectivity index (χ2n) is 8.43. The number of methoxy groups -OCH3 is 1. The Morgan fingerprint density at radius 1 is 0.938 bits per heavy atom. The first kappa shape index (κ1) is 20.8. The van der Waals surface area contributed by atoms with Gasteiger partial charge in [0.15, 0.2) is 0 Å². The first-order valence-electron chi connectivity index (χ1n) is 11.4. The second kappa shape index (κ2) is 9.56. The fourth-order valence-corrected chi connectivity index (χ4v) is 4.43. The highest BCUT2D eigenvalue weighted by atomic mass is 16.5. The standard InChI is InChI=1S/C24H30N6O2/c1-31-21-7-5-6-20(16-21)29-14-12-28(13-15-29)18-23-26-24(27-32-23)19-8-9-22(25-17-19)30-10-3-2-4-11-30/h5-9,16-17H,2-4,10-15,18H2,1H3. The van der Waals surface area contributed by atoms with Crippen molar-refractivity contribution in [2.75, 3.05) is 56.2 Å². The quantitative estimate of drug-likeness (QED) is 0.584. The number of benzene rings is 1. The van der Waals surface area contributed by atoms with E-state index in [1.807, 2.05) is 24.4 Å². The Balaban J connectivity index is 1.16. The number of ether oxygens (including phenoxy) is 1. The van der Waals surface area contributed by atoms with Gasteiger partial charge in [-0.1, -0.05) is 11.2 Å². The van der Waals surface area contributed by atoms with Crippen molar-refractivity contribution >= 4 is 11.5 Å². The van der Waals surface area contributed by atoms with Crippen LogP contribution < -0.4 is 14.5 Å². The molecule has 2 aliphatic rings. The molecule has 8 heteroatoms. The van der Waals surface area contributed by atoms with E-state index in [1.54, 1.807) is 7.11 Å². The molecular formula is C24H30N6O2. The maximum absolute atomic E-state index is 5.54. The highest BCUT2D eigenvalue weighted by molar-refractivity contribution is 5.56. The average molecular weight is 435 g/mol. The van der Waals surface area contributed by atoms with Crippen molar-refractivity contribution in [3.8, 4) is 17.1 Å². The number of hydrogen-bond donors (Lipinski definition) is 0. The monoisotopic (exact) mass is 434 g/mol. The van der Waals surface area contributed by atoms with Crippen LogP contribution in [0.4, 0.5) is 11.5 Å². The third-order valence-electron chi connectivity index (χ3n) is 6.30. The number of hydrogen-bond acceptors (Lipinski definition) is 8. The number of piperazine rings is 1. The molecule has 4 heterocycles. The van der Waals surface area contributed by atoms with Gasteiger partial charge in [0.2, 0.25) is 11.7 Å². The molecule has 0 saturated carbocycles. The summed E-state index contributed by atoms with van der Waals surface area (Å²) < 4.78 is 10.9. The molecule has 32 heavy (non-hydrogen) atoms. The summed E-state index contributed by atoms with van der Waals surface area (Å²) in [6, 6.07) is 12.3. The predicted octanol–water partition coefficient (Wildman–Crippen LogP) is 3.45. The molecule has 0 radical (unpaired) electrons. The van der Waals surface area contributed by atoms with E-state index in [4.69, 9.17) is 9.26 Å². The van der Waals surface area contributed by atoms with Crippen molar-refractivity contribution < 1.29 is 9.26 Å². The van der Waals surface area contributed by atoms with Crippen LogP contribution in [0.3, 0.4) is 0 Å². The molecule has 0 bridgehead atoms. The molecule has 5 rings (SSSR count). The minimum absolute atomic E-state index is 0.604. The molecule has 2 aromatic heterocycles. The molecule has 0 aliphatic carbocycles. The van der Waals surface area contributed by atoms with E-state index >= 15 is 0 Å². The third kappa shape index (κ3) is 4.70. The van der Waals surface area contributed by atoms with Crippen LogP contribution in [-0.2, 0) is 6.54 Å². The van der Waals surface area contributed by atoms with Gasteiger partial charge < -0.3 is 19.1 Å². The third-order valence-corrected chi connectivity index (χ3v) is 6.30.